The van der Waals surface area contributed by atoms with Gasteiger partial charge in [0, 0.05) is 21.6 Å². The van der Waals surface area contributed by atoms with Crippen LogP contribution in [0.3, 0.4) is 0 Å². The second kappa shape index (κ2) is 9.89. The topological polar surface area (TPSA) is 125 Å². The summed E-state index contributed by atoms with van der Waals surface area (Å²) in [5.74, 6) is -2.15. The molecular formula is C26H23BrN2O6. The van der Waals surface area contributed by atoms with Crippen molar-refractivity contribution in [3.63, 3.8) is 0 Å². The van der Waals surface area contributed by atoms with Gasteiger partial charge in [-0.3, -0.25) is 10.1 Å². The summed E-state index contributed by atoms with van der Waals surface area (Å²) in [6, 6.07) is 20.6. The number of halogens is 1. The van der Waals surface area contributed by atoms with Crippen molar-refractivity contribution in [2.24, 2.45) is 0 Å². The van der Waals surface area contributed by atoms with Crippen molar-refractivity contribution in [1.82, 2.24) is 5.32 Å². The maximum absolute atomic E-state index is 12.6. The lowest BCUT2D eigenvalue weighted by molar-refractivity contribution is -0.155. The molecule has 0 saturated carbocycles. The van der Waals surface area contributed by atoms with Gasteiger partial charge < -0.3 is 20.3 Å². The van der Waals surface area contributed by atoms with Crippen molar-refractivity contribution < 1.29 is 29.3 Å². The lowest BCUT2D eigenvalue weighted by atomic mass is 9.98. The Morgan fingerprint density at radius 2 is 1.60 bits per heavy atom. The number of carbonyl (C=O) groups excluding carboxylic acids is 2. The molecule has 180 valence electrons. The van der Waals surface area contributed by atoms with Gasteiger partial charge in [0.15, 0.2) is 5.60 Å². The number of rotatable bonds is 7. The van der Waals surface area contributed by atoms with Crippen molar-refractivity contribution in [3.8, 4) is 11.1 Å². The molecule has 9 heteroatoms. The van der Waals surface area contributed by atoms with Crippen LogP contribution in [0, 0.1) is 0 Å². The number of aliphatic hydroxyl groups is 1. The Bertz CT molecular complexity index is 1260. The maximum atomic E-state index is 12.6. The largest absolute Gasteiger partial charge is 0.479 e. The van der Waals surface area contributed by atoms with Crippen LogP contribution in [-0.2, 0) is 9.53 Å². The van der Waals surface area contributed by atoms with Crippen molar-refractivity contribution in [3.05, 3.63) is 87.9 Å². The van der Waals surface area contributed by atoms with Crippen LogP contribution in [0.1, 0.15) is 34.3 Å². The summed E-state index contributed by atoms with van der Waals surface area (Å²) in [5, 5.41) is 23.8. The zero-order valence-electron chi connectivity index (χ0n) is 18.7. The van der Waals surface area contributed by atoms with Gasteiger partial charge in [-0.2, -0.15) is 0 Å². The number of ether oxygens (including phenoxy) is 1. The van der Waals surface area contributed by atoms with Crippen LogP contribution in [0.25, 0.3) is 11.1 Å². The summed E-state index contributed by atoms with van der Waals surface area (Å²) in [6.45, 7) is 0.745. The summed E-state index contributed by atoms with van der Waals surface area (Å²) in [5.41, 5.74) is 2.81. The van der Waals surface area contributed by atoms with Crippen LogP contribution in [0.15, 0.2) is 71.2 Å². The van der Waals surface area contributed by atoms with Crippen LogP contribution in [0.4, 0.5) is 10.5 Å². The normalized spacial score (nSPS) is 13.8. The second-order valence-corrected chi connectivity index (χ2v) is 9.36. The number of nitrogens with one attached hydrogen (secondary N) is 2. The molecule has 35 heavy (non-hydrogen) atoms. The lowest BCUT2D eigenvalue weighted by Gasteiger charge is -2.18. The van der Waals surface area contributed by atoms with E-state index in [-0.39, 0.29) is 18.1 Å². The summed E-state index contributed by atoms with van der Waals surface area (Å²) < 4.78 is 6.06. The predicted molar refractivity (Wildman–Crippen MR) is 133 cm³/mol. The van der Waals surface area contributed by atoms with Crippen LogP contribution >= 0.6 is 15.9 Å². The molecule has 1 unspecified atom stereocenters. The second-order valence-electron chi connectivity index (χ2n) is 8.44. The molecule has 3 aromatic rings. The van der Waals surface area contributed by atoms with Crippen molar-refractivity contribution in [2.75, 3.05) is 18.5 Å². The number of carbonyl (C=O) groups is 3. The zero-order chi connectivity index (χ0) is 25.2. The third-order valence-electron chi connectivity index (χ3n) is 5.80. The Labute approximate surface area is 210 Å². The summed E-state index contributed by atoms with van der Waals surface area (Å²) >= 11 is 3.30. The van der Waals surface area contributed by atoms with E-state index in [0.29, 0.717) is 10.2 Å². The fourth-order valence-electron chi connectivity index (χ4n) is 3.98. The van der Waals surface area contributed by atoms with E-state index in [9.17, 15) is 19.5 Å². The molecule has 0 saturated heterocycles. The highest BCUT2D eigenvalue weighted by Gasteiger charge is 2.31. The molecule has 0 aliphatic heterocycles. The Morgan fingerprint density at radius 3 is 2.20 bits per heavy atom. The van der Waals surface area contributed by atoms with E-state index >= 15 is 0 Å². The smallest absolute Gasteiger partial charge is 0.411 e. The first-order chi connectivity index (χ1) is 16.7. The fraction of sp³-hybridized carbons (Fsp3) is 0.192. The van der Waals surface area contributed by atoms with E-state index in [1.807, 2.05) is 36.4 Å². The van der Waals surface area contributed by atoms with Crippen molar-refractivity contribution >= 4 is 39.6 Å². The van der Waals surface area contributed by atoms with E-state index in [1.165, 1.54) is 12.1 Å². The molecular weight excluding hydrogens is 516 g/mol. The minimum atomic E-state index is -2.11. The Hall–Kier alpha value is -3.69. The first-order valence-corrected chi connectivity index (χ1v) is 11.6. The third-order valence-corrected chi connectivity index (χ3v) is 6.26. The van der Waals surface area contributed by atoms with Gasteiger partial charge in [0.25, 0.3) is 5.91 Å². The zero-order valence-corrected chi connectivity index (χ0v) is 20.3. The molecule has 1 atom stereocenters. The minimum Gasteiger partial charge on any atom is -0.479 e. The summed E-state index contributed by atoms with van der Waals surface area (Å²) in [7, 11) is 0. The lowest BCUT2D eigenvalue weighted by Crippen LogP contribution is -2.46. The Kier molecular flexibility index (Phi) is 6.90. The van der Waals surface area contributed by atoms with Gasteiger partial charge in [0.05, 0.1) is 6.54 Å². The molecule has 0 bridgehead atoms. The van der Waals surface area contributed by atoms with Gasteiger partial charge in [0.1, 0.15) is 6.61 Å². The van der Waals surface area contributed by atoms with E-state index in [1.54, 1.807) is 6.07 Å². The molecule has 4 N–H and O–H groups in total. The monoisotopic (exact) mass is 538 g/mol. The molecule has 4 rings (SSSR count). The Morgan fingerprint density at radius 1 is 1.00 bits per heavy atom. The van der Waals surface area contributed by atoms with Gasteiger partial charge in [-0.15, -0.1) is 0 Å². The molecule has 0 radical (unpaired) electrons. The molecule has 0 heterocycles. The number of carboxylic acid groups (broad SMARTS) is 1. The number of hydrogen-bond acceptors (Lipinski definition) is 5. The number of fused-ring (bicyclic) bond motifs is 3. The van der Waals surface area contributed by atoms with Crippen LogP contribution in [-0.4, -0.2) is 46.9 Å². The van der Waals surface area contributed by atoms with Gasteiger partial charge in [-0.05, 0) is 47.4 Å². The van der Waals surface area contributed by atoms with E-state index in [2.05, 4.69) is 38.7 Å². The number of carboxylic acids is 1. The standard InChI is InChI=1S/C26H23BrN2O6/c1-26(34,24(31)32)14-28-23(30)15-10-16(27)12-17(11-15)29-25(33)35-13-22-20-8-4-2-6-18(20)19-7-3-5-9-21(19)22/h2-12,22,34H,13-14H2,1H3,(H,28,30)(H,29,33)(H,31,32). The number of benzene rings is 3. The van der Waals surface area contributed by atoms with E-state index in [0.717, 1.165) is 29.2 Å². The molecule has 2 amide bonds. The highest BCUT2D eigenvalue weighted by Crippen LogP contribution is 2.44. The molecule has 0 aromatic heterocycles. The minimum absolute atomic E-state index is 0.0842. The van der Waals surface area contributed by atoms with Gasteiger partial charge in [-0.25, -0.2) is 9.59 Å². The first-order valence-electron chi connectivity index (χ1n) is 10.8. The summed E-state index contributed by atoms with van der Waals surface area (Å²) in [6.07, 6.45) is -0.676. The van der Waals surface area contributed by atoms with Gasteiger partial charge in [-0.1, -0.05) is 64.5 Å². The third kappa shape index (κ3) is 5.36. The SMILES string of the molecule is CC(O)(CNC(=O)c1cc(Br)cc(NC(=O)OCC2c3ccccc3-c3ccccc32)c1)C(=O)O. The number of aliphatic carboxylic acids is 1. The molecule has 1 aliphatic rings. The number of amides is 2. The van der Waals surface area contributed by atoms with Crippen LogP contribution < -0.4 is 10.6 Å². The molecule has 8 nitrogen and oxygen atoms in total. The van der Waals surface area contributed by atoms with Crippen LogP contribution in [0.5, 0.6) is 0 Å². The van der Waals surface area contributed by atoms with Crippen molar-refractivity contribution in [1.29, 1.82) is 0 Å². The highest BCUT2D eigenvalue weighted by molar-refractivity contribution is 9.10. The summed E-state index contributed by atoms with van der Waals surface area (Å²) in [4.78, 5) is 36.1. The van der Waals surface area contributed by atoms with Gasteiger partial charge >= 0.3 is 12.1 Å². The fourth-order valence-corrected chi connectivity index (χ4v) is 4.47. The molecule has 1 aliphatic carbocycles. The van der Waals surface area contributed by atoms with E-state index < -0.39 is 30.1 Å². The predicted octanol–water partition coefficient (Wildman–Crippen LogP) is 4.38. The number of hydrogen-bond donors (Lipinski definition) is 4. The van der Waals surface area contributed by atoms with Crippen LogP contribution in [0.2, 0.25) is 0 Å². The van der Waals surface area contributed by atoms with E-state index in [4.69, 9.17) is 9.84 Å². The molecule has 0 spiro atoms. The van der Waals surface area contributed by atoms with Gasteiger partial charge in [0.2, 0.25) is 0 Å². The average Bonchev–Trinajstić information content (AvgIpc) is 3.14. The Balaban J connectivity index is 1.41. The quantitative estimate of drug-likeness (QED) is 0.354. The number of anilines is 1. The molecule has 0 fully saturated rings. The first kappa shape index (κ1) is 24.4. The van der Waals surface area contributed by atoms with Crippen molar-refractivity contribution in [2.45, 2.75) is 18.4 Å². The highest BCUT2D eigenvalue weighted by atomic mass is 79.9. The molecule has 3 aromatic carbocycles. The maximum Gasteiger partial charge on any atom is 0.411 e. The average molecular weight is 539 g/mol.